The van der Waals surface area contributed by atoms with E-state index in [-0.39, 0.29) is 6.10 Å². The van der Waals surface area contributed by atoms with Crippen LogP contribution < -0.4 is 0 Å². The van der Waals surface area contributed by atoms with Gasteiger partial charge in [0.25, 0.3) is 0 Å². The molecule has 0 amide bonds. The number of piperidine rings is 1. The number of aryl methyl sites for hydroxylation is 1. The summed E-state index contributed by atoms with van der Waals surface area (Å²) in [6.45, 7) is 4.98. The summed E-state index contributed by atoms with van der Waals surface area (Å²) in [6, 6.07) is 6.47. The third kappa shape index (κ3) is 3.06. The summed E-state index contributed by atoms with van der Waals surface area (Å²) in [5, 5.41) is 9.61. The van der Waals surface area contributed by atoms with Gasteiger partial charge in [0.15, 0.2) is 0 Å². The van der Waals surface area contributed by atoms with Crippen LogP contribution in [0.5, 0.6) is 0 Å². The summed E-state index contributed by atoms with van der Waals surface area (Å²) in [5.41, 5.74) is 2.60. The second-order valence-electron chi connectivity index (χ2n) is 4.61. The van der Waals surface area contributed by atoms with E-state index in [4.69, 9.17) is 0 Å². The largest absolute Gasteiger partial charge is 0.392 e. The van der Waals surface area contributed by atoms with Crippen LogP contribution in [-0.4, -0.2) is 29.2 Å². The van der Waals surface area contributed by atoms with Crippen molar-refractivity contribution < 1.29 is 5.11 Å². The Hall–Kier alpha value is -0.380. The van der Waals surface area contributed by atoms with Crippen molar-refractivity contribution in [2.75, 3.05) is 13.1 Å². The van der Waals surface area contributed by atoms with Gasteiger partial charge in [0.1, 0.15) is 0 Å². The quantitative estimate of drug-likeness (QED) is 0.902. The molecule has 1 aliphatic heterocycles. The fourth-order valence-corrected chi connectivity index (χ4v) is 2.48. The van der Waals surface area contributed by atoms with E-state index >= 15 is 0 Å². The van der Waals surface area contributed by atoms with Gasteiger partial charge in [-0.15, -0.1) is 0 Å². The molecule has 0 bridgehead atoms. The maximum Gasteiger partial charge on any atom is 0.0667 e. The monoisotopic (exact) mass is 283 g/mol. The van der Waals surface area contributed by atoms with Gasteiger partial charge in [-0.1, -0.05) is 28.1 Å². The van der Waals surface area contributed by atoms with Crippen LogP contribution in [0.4, 0.5) is 0 Å². The predicted octanol–water partition coefficient (Wildman–Crippen LogP) is 2.71. The zero-order chi connectivity index (χ0) is 11.5. The van der Waals surface area contributed by atoms with Gasteiger partial charge in [-0.05, 0) is 43.5 Å². The van der Waals surface area contributed by atoms with Gasteiger partial charge in [-0.2, -0.15) is 0 Å². The van der Waals surface area contributed by atoms with Crippen molar-refractivity contribution in [1.82, 2.24) is 4.90 Å². The maximum atomic E-state index is 9.61. The average molecular weight is 284 g/mol. The fourth-order valence-electron chi connectivity index (χ4n) is 2.24. The number of benzene rings is 1. The molecule has 16 heavy (non-hydrogen) atoms. The number of nitrogens with zero attached hydrogens (tertiary/aromatic N) is 1. The van der Waals surface area contributed by atoms with Gasteiger partial charge in [0.2, 0.25) is 0 Å². The molecule has 1 aliphatic rings. The first-order valence-electron chi connectivity index (χ1n) is 5.80. The lowest BCUT2D eigenvalue weighted by Crippen LogP contribution is -2.37. The van der Waals surface area contributed by atoms with Crippen LogP contribution in [0.2, 0.25) is 0 Å². The van der Waals surface area contributed by atoms with Crippen LogP contribution in [0.1, 0.15) is 24.0 Å². The average Bonchev–Trinajstić information content (AvgIpc) is 2.24. The van der Waals surface area contributed by atoms with Crippen LogP contribution in [0.3, 0.4) is 0 Å². The Kier molecular flexibility index (Phi) is 4.00. The SMILES string of the molecule is Cc1cc(CN2CCCC(O)C2)ccc1Br. The number of rotatable bonds is 2. The fraction of sp³-hybridized carbons (Fsp3) is 0.538. The minimum absolute atomic E-state index is 0.134. The van der Waals surface area contributed by atoms with Crippen molar-refractivity contribution >= 4 is 15.9 Å². The van der Waals surface area contributed by atoms with E-state index in [0.717, 1.165) is 36.9 Å². The van der Waals surface area contributed by atoms with Crippen molar-refractivity contribution in [3.63, 3.8) is 0 Å². The Morgan fingerprint density at radius 3 is 3.00 bits per heavy atom. The van der Waals surface area contributed by atoms with E-state index in [2.05, 4.69) is 46.0 Å². The third-order valence-corrected chi connectivity index (χ3v) is 4.00. The molecule has 1 aromatic rings. The molecule has 1 heterocycles. The lowest BCUT2D eigenvalue weighted by Gasteiger charge is -2.30. The second kappa shape index (κ2) is 5.30. The Morgan fingerprint density at radius 1 is 1.50 bits per heavy atom. The topological polar surface area (TPSA) is 23.5 Å². The number of hydrogen-bond acceptors (Lipinski definition) is 2. The van der Waals surface area contributed by atoms with Gasteiger partial charge >= 0.3 is 0 Å². The number of hydrogen-bond donors (Lipinski definition) is 1. The minimum Gasteiger partial charge on any atom is -0.392 e. The Morgan fingerprint density at radius 2 is 2.31 bits per heavy atom. The molecule has 2 rings (SSSR count). The van der Waals surface area contributed by atoms with Crippen molar-refractivity contribution in [2.24, 2.45) is 0 Å². The highest BCUT2D eigenvalue weighted by Crippen LogP contribution is 2.19. The number of likely N-dealkylation sites (tertiary alicyclic amines) is 1. The standard InChI is InChI=1S/C13H18BrNO/c1-10-7-11(4-5-13(10)14)8-15-6-2-3-12(16)9-15/h4-5,7,12,16H,2-3,6,8-9H2,1H3. The van der Waals surface area contributed by atoms with E-state index in [1.54, 1.807) is 0 Å². The maximum absolute atomic E-state index is 9.61. The van der Waals surface area contributed by atoms with E-state index in [1.807, 2.05) is 0 Å². The predicted molar refractivity (Wildman–Crippen MR) is 69.4 cm³/mol. The first kappa shape index (κ1) is 12.1. The lowest BCUT2D eigenvalue weighted by molar-refractivity contribution is 0.0668. The number of aliphatic hydroxyl groups excluding tert-OH is 1. The van der Waals surface area contributed by atoms with Crippen molar-refractivity contribution in [3.05, 3.63) is 33.8 Å². The molecule has 0 radical (unpaired) electrons. The van der Waals surface area contributed by atoms with Gasteiger partial charge in [0, 0.05) is 17.6 Å². The van der Waals surface area contributed by atoms with Crippen molar-refractivity contribution in [2.45, 2.75) is 32.4 Å². The number of β-amino-alcohol motifs (C(OH)–C–C–N with tert-alkyl or cyclic N) is 1. The molecule has 1 unspecified atom stereocenters. The molecule has 0 spiro atoms. The highest BCUT2D eigenvalue weighted by atomic mass is 79.9. The summed E-state index contributed by atoms with van der Waals surface area (Å²) in [7, 11) is 0. The van der Waals surface area contributed by atoms with Crippen LogP contribution in [-0.2, 0) is 6.54 Å². The highest BCUT2D eigenvalue weighted by Gasteiger charge is 2.17. The molecule has 1 aromatic carbocycles. The first-order chi connectivity index (χ1) is 7.65. The third-order valence-electron chi connectivity index (χ3n) is 3.11. The summed E-state index contributed by atoms with van der Waals surface area (Å²) >= 11 is 3.51. The summed E-state index contributed by atoms with van der Waals surface area (Å²) in [4.78, 5) is 2.33. The Balaban J connectivity index is 2.00. The molecule has 2 nitrogen and oxygen atoms in total. The molecule has 1 atom stereocenters. The molecule has 3 heteroatoms. The molecule has 0 aromatic heterocycles. The first-order valence-corrected chi connectivity index (χ1v) is 6.60. The second-order valence-corrected chi connectivity index (χ2v) is 5.47. The smallest absolute Gasteiger partial charge is 0.0667 e. The summed E-state index contributed by atoms with van der Waals surface area (Å²) in [6.07, 6.45) is 1.93. The van der Waals surface area contributed by atoms with E-state index < -0.39 is 0 Å². The number of halogens is 1. The Bertz CT molecular complexity index is 367. The molecule has 1 saturated heterocycles. The highest BCUT2D eigenvalue weighted by molar-refractivity contribution is 9.10. The Labute approximate surface area is 105 Å². The summed E-state index contributed by atoms with van der Waals surface area (Å²) < 4.78 is 1.16. The van der Waals surface area contributed by atoms with Crippen LogP contribution in [0.25, 0.3) is 0 Å². The van der Waals surface area contributed by atoms with Crippen molar-refractivity contribution in [3.8, 4) is 0 Å². The minimum atomic E-state index is -0.134. The molecule has 88 valence electrons. The van der Waals surface area contributed by atoms with Crippen LogP contribution in [0.15, 0.2) is 22.7 Å². The summed E-state index contributed by atoms with van der Waals surface area (Å²) in [5.74, 6) is 0. The molecule has 0 aliphatic carbocycles. The molecular formula is C13H18BrNO. The zero-order valence-corrected chi connectivity index (χ0v) is 11.2. The van der Waals surface area contributed by atoms with E-state index in [9.17, 15) is 5.11 Å². The van der Waals surface area contributed by atoms with Gasteiger partial charge < -0.3 is 5.11 Å². The van der Waals surface area contributed by atoms with Crippen LogP contribution in [0, 0.1) is 6.92 Å². The van der Waals surface area contributed by atoms with E-state index in [0.29, 0.717) is 0 Å². The number of aliphatic hydroxyl groups is 1. The molecule has 1 fully saturated rings. The lowest BCUT2D eigenvalue weighted by atomic mass is 10.1. The van der Waals surface area contributed by atoms with E-state index in [1.165, 1.54) is 11.1 Å². The molecule has 0 saturated carbocycles. The molecular weight excluding hydrogens is 266 g/mol. The van der Waals surface area contributed by atoms with Gasteiger partial charge in [-0.3, -0.25) is 4.90 Å². The normalized spacial score (nSPS) is 22.3. The van der Waals surface area contributed by atoms with Crippen molar-refractivity contribution in [1.29, 1.82) is 0 Å². The zero-order valence-electron chi connectivity index (χ0n) is 9.62. The molecule has 1 N–H and O–H groups in total. The van der Waals surface area contributed by atoms with Gasteiger partial charge in [0.05, 0.1) is 6.10 Å². The van der Waals surface area contributed by atoms with Gasteiger partial charge in [-0.25, -0.2) is 0 Å². The van der Waals surface area contributed by atoms with Crippen LogP contribution >= 0.6 is 15.9 Å².